The first-order valence-electron chi connectivity index (χ1n) is 7.79. The molecule has 0 N–H and O–H groups in total. The van der Waals surface area contributed by atoms with E-state index in [1.165, 1.54) is 12.1 Å². The van der Waals surface area contributed by atoms with Crippen molar-refractivity contribution in [3.63, 3.8) is 0 Å². The number of hydrogen-bond donors (Lipinski definition) is 0. The van der Waals surface area contributed by atoms with Crippen LogP contribution in [0.15, 0.2) is 59.0 Å². The predicted octanol–water partition coefficient (Wildman–Crippen LogP) is 3.12. The Kier molecular flexibility index (Phi) is 3.57. The number of carbonyl (C=O) groups is 3. The van der Waals surface area contributed by atoms with Crippen LogP contribution in [0.3, 0.4) is 0 Å². The summed E-state index contributed by atoms with van der Waals surface area (Å²) in [6.45, 7) is 0. The largest absolute Gasteiger partial charge is 0.461 e. The highest BCUT2D eigenvalue weighted by Crippen LogP contribution is 2.23. The van der Waals surface area contributed by atoms with Gasteiger partial charge in [-0.25, -0.2) is 4.79 Å². The fourth-order valence-corrected chi connectivity index (χ4v) is 2.78. The van der Waals surface area contributed by atoms with E-state index in [1.807, 2.05) is 30.3 Å². The number of fused-ring (bicyclic) bond motifs is 2. The minimum Gasteiger partial charge on any atom is -0.461 e. The molecule has 0 bridgehead atoms. The summed E-state index contributed by atoms with van der Waals surface area (Å²) in [6.07, 6.45) is 0.309. The molecule has 0 saturated heterocycles. The minimum atomic E-state index is -0.671. The van der Waals surface area contributed by atoms with E-state index in [0.29, 0.717) is 17.2 Å². The van der Waals surface area contributed by atoms with Gasteiger partial charge in [-0.3, -0.25) is 9.59 Å². The minimum absolute atomic E-state index is 0.00672. The summed E-state index contributed by atoms with van der Waals surface area (Å²) < 4.78 is 5.63. The standard InChI is InChI=1S/C19H13NO5/c21-17(10-9-13-11-12-5-1-4-8-16(12)24-13)25-20-18(22)14-6-2-3-7-15(14)19(20)23/h1-8,11H,9-10H2. The molecule has 0 aliphatic carbocycles. The van der Waals surface area contributed by atoms with Gasteiger partial charge in [0.25, 0.3) is 11.8 Å². The third-order valence-electron chi connectivity index (χ3n) is 4.00. The highest BCUT2D eigenvalue weighted by molar-refractivity contribution is 6.20. The van der Waals surface area contributed by atoms with Gasteiger partial charge >= 0.3 is 5.97 Å². The summed E-state index contributed by atoms with van der Waals surface area (Å²) in [5.74, 6) is -1.29. The molecule has 124 valence electrons. The first-order chi connectivity index (χ1) is 12.1. The van der Waals surface area contributed by atoms with Crippen molar-refractivity contribution < 1.29 is 23.6 Å². The SMILES string of the molecule is O=C(CCc1cc2ccccc2o1)ON1C(=O)c2ccccc2C1=O. The number of para-hydroxylation sites is 1. The van der Waals surface area contributed by atoms with E-state index in [9.17, 15) is 14.4 Å². The lowest BCUT2D eigenvalue weighted by molar-refractivity contribution is -0.168. The first kappa shape index (κ1) is 15.1. The van der Waals surface area contributed by atoms with E-state index in [-0.39, 0.29) is 17.5 Å². The molecule has 0 radical (unpaired) electrons. The Labute approximate surface area is 142 Å². The number of furan rings is 1. The molecule has 2 amide bonds. The molecule has 1 aliphatic heterocycles. The number of hydrogen-bond acceptors (Lipinski definition) is 5. The maximum absolute atomic E-state index is 12.1. The molecule has 6 nitrogen and oxygen atoms in total. The van der Waals surface area contributed by atoms with Gasteiger partial charge in [0.05, 0.1) is 17.5 Å². The summed E-state index contributed by atoms with van der Waals surface area (Å²) in [7, 11) is 0. The molecule has 0 atom stereocenters. The molecule has 0 fully saturated rings. The second kappa shape index (κ2) is 5.90. The van der Waals surface area contributed by atoms with Gasteiger partial charge in [0, 0.05) is 11.8 Å². The fraction of sp³-hybridized carbons (Fsp3) is 0.105. The lowest BCUT2D eigenvalue weighted by Crippen LogP contribution is -2.32. The van der Waals surface area contributed by atoms with Crippen LogP contribution in [0.25, 0.3) is 11.0 Å². The van der Waals surface area contributed by atoms with Crippen LogP contribution in [0.5, 0.6) is 0 Å². The van der Waals surface area contributed by atoms with Gasteiger partial charge in [-0.2, -0.15) is 0 Å². The summed E-state index contributed by atoms with van der Waals surface area (Å²) in [5.41, 5.74) is 1.21. The van der Waals surface area contributed by atoms with Gasteiger partial charge in [-0.1, -0.05) is 35.4 Å². The molecule has 25 heavy (non-hydrogen) atoms. The van der Waals surface area contributed by atoms with Crippen molar-refractivity contribution in [2.45, 2.75) is 12.8 Å². The molecule has 3 aromatic rings. The molecule has 6 heteroatoms. The second-order valence-electron chi connectivity index (χ2n) is 5.66. The van der Waals surface area contributed by atoms with Crippen molar-refractivity contribution in [3.8, 4) is 0 Å². The summed E-state index contributed by atoms with van der Waals surface area (Å²) in [6, 6.07) is 15.7. The maximum Gasteiger partial charge on any atom is 0.333 e. The van der Waals surface area contributed by atoms with Crippen LogP contribution in [0.2, 0.25) is 0 Å². The Morgan fingerprint density at radius 2 is 1.60 bits per heavy atom. The van der Waals surface area contributed by atoms with Crippen LogP contribution >= 0.6 is 0 Å². The van der Waals surface area contributed by atoms with Crippen molar-refractivity contribution in [2.24, 2.45) is 0 Å². The molecule has 4 rings (SSSR count). The van der Waals surface area contributed by atoms with Gasteiger partial charge in [0.15, 0.2) is 0 Å². The Hall–Kier alpha value is -3.41. The number of imide groups is 1. The zero-order chi connectivity index (χ0) is 17.4. The summed E-state index contributed by atoms with van der Waals surface area (Å²) >= 11 is 0. The van der Waals surface area contributed by atoms with Gasteiger partial charge < -0.3 is 9.25 Å². The predicted molar refractivity (Wildman–Crippen MR) is 87.6 cm³/mol. The molecule has 0 spiro atoms. The molecule has 2 heterocycles. The number of aryl methyl sites for hydroxylation is 1. The van der Waals surface area contributed by atoms with Crippen LogP contribution in [-0.4, -0.2) is 22.8 Å². The molecular formula is C19H13NO5. The Bertz CT molecular complexity index is 936. The lowest BCUT2D eigenvalue weighted by atomic mass is 10.1. The maximum atomic E-state index is 12.1. The molecule has 2 aromatic carbocycles. The number of nitrogens with zero attached hydrogens (tertiary/aromatic N) is 1. The monoisotopic (exact) mass is 335 g/mol. The van der Waals surface area contributed by atoms with Crippen LogP contribution in [0.4, 0.5) is 0 Å². The number of benzene rings is 2. The lowest BCUT2D eigenvalue weighted by Gasteiger charge is -2.12. The fourth-order valence-electron chi connectivity index (χ4n) is 2.78. The molecule has 1 aliphatic rings. The van der Waals surface area contributed by atoms with Crippen LogP contribution in [0, 0.1) is 0 Å². The van der Waals surface area contributed by atoms with Gasteiger partial charge in [-0.05, 0) is 24.3 Å². The summed E-state index contributed by atoms with van der Waals surface area (Å²) in [4.78, 5) is 41.3. The van der Waals surface area contributed by atoms with Crippen LogP contribution in [-0.2, 0) is 16.1 Å². The Morgan fingerprint density at radius 1 is 0.960 bits per heavy atom. The second-order valence-corrected chi connectivity index (χ2v) is 5.66. The highest BCUT2D eigenvalue weighted by Gasteiger charge is 2.38. The third kappa shape index (κ3) is 2.67. The van der Waals surface area contributed by atoms with E-state index < -0.39 is 17.8 Å². The van der Waals surface area contributed by atoms with Crippen molar-refractivity contribution in [1.29, 1.82) is 0 Å². The normalized spacial score (nSPS) is 13.4. The first-order valence-corrected chi connectivity index (χ1v) is 7.79. The van der Waals surface area contributed by atoms with Crippen LogP contribution in [0.1, 0.15) is 32.9 Å². The number of carbonyl (C=O) groups excluding carboxylic acids is 3. The average Bonchev–Trinajstić information content (AvgIpc) is 3.15. The van der Waals surface area contributed by atoms with E-state index >= 15 is 0 Å². The van der Waals surface area contributed by atoms with Crippen molar-refractivity contribution in [2.75, 3.05) is 0 Å². The van der Waals surface area contributed by atoms with Crippen molar-refractivity contribution in [1.82, 2.24) is 5.06 Å². The van der Waals surface area contributed by atoms with Gasteiger partial charge in [0.2, 0.25) is 0 Å². The Morgan fingerprint density at radius 3 is 2.28 bits per heavy atom. The smallest absolute Gasteiger partial charge is 0.333 e. The number of amides is 2. The zero-order valence-electron chi connectivity index (χ0n) is 13.1. The number of hydroxylamine groups is 2. The van der Waals surface area contributed by atoms with E-state index in [4.69, 9.17) is 9.25 Å². The van der Waals surface area contributed by atoms with E-state index in [1.54, 1.807) is 12.1 Å². The number of rotatable bonds is 4. The van der Waals surface area contributed by atoms with Gasteiger partial charge in [0.1, 0.15) is 11.3 Å². The molecule has 0 unspecified atom stereocenters. The Balaban J connectivity index is 1.41. The van der Waals surface area contributed by atoms with E-state index in [0.717, 1.165) is 11.0 Å². The average molecular weight is 335 g/mol. The zero-order valence-corrected chi connectivity index (χ0v) is 13.1. The highest BCUT2D eigenvalue weighted by atomic mass is 16.7. The third-order valence-corrected chi connectivity index (χ3v) is 4.00. The summed E-state index contributed by atoms with van der Waals surface area (Å²) in [5, 5.41) is 1.47. The van der Waals surface area contributed by atoms with Crippen molar-refractivity contribution in [3.05, 3.63) is 71.5 Å². The topological polar surface area (TPSA) is 76.8 Å². The van der Waals surface area contributed by atoms with Crippen LogP contribution < -0.4 is 0 Å². The molecule has 0 saturated carbocycles. The van der Waals surface area contributed by atoms with E-state index in [2.05, 4.69) is 0 Å². The van der Waals surface area contributed by atoms with Crippen molar-refractivity contribution >= 4 is 28.8 Å². The molecular weight excluding hydrogens is 322 g/mol. The quantitative estimate of drug-likeness (QED) is 0.685. The van der Waals surface area contributed by atoms with Gasteiger partial charge in [-0.15, -0.1) is 0 Å². The molecule has 1 aromatic heterocycles.